The van der Waals surface area contributed by atoms with Gasteiger partial charge in [-0.2, -0.15) is 13.2 Å². The van der Waals surface area contributed by atoms with Crippen LogP contribution in [-0.2, 0) is 22.0 Å². The van der Waals surface area contributed by atoms with Crippen LogP contribution in [0.1, 0.15) is 36.8 Å². The Bertz CT molecular complexity index is 1160. The number of hydrazine groups is 1. The van der Waals surface area contributed by atoms with Crippen LogP contribution in [-0.4, -0.2) is 42.3 Å². The number of alkyl halides is 3. The van der Waals surface area contributed by atoms with E-state index < -0.39 is 24.7 Å². The highest BCUT2D eigenvalue weighted by atomic mass is 31.2. The average molecular weight is 524 g/mol. The van der Waals surface area contributed by atoms with Gasteiger partial charge in [0, 0.05) is 48.9 Å². The molecule has 36 heavy (non-hydrogen) atoms. The summed E-state index contributed by atoms with van der Waals surface area (Å²) < 4.78 is 67.2. The maximum Gasteiger partial charge on any atom is 0.417 e. The predicted octanol–water partition coefficient (Wildman–Crippen LogP) is 4.10. The second-order valence-electron chi connectivity index (χ2n) is 10.0. The minimum absolute atomic E-state index is 0.00796. The Balaban J connectivity index is 1.28. The van der Waals surface area contributed by atoms with E-state index in [1.54, 1.807) is 17.0 Å². The van der Waals surface area contributed by atoms with Crippen molar-refractivity contribution in [1.82, 2.24) is 15.8 Å². The van der Waals surface area contributed by atoms with E-state index in [-0.39, 0.29) is 41.4 Å². The highest BCUT2D eigenvalue weighted by molar-refractivity contribution is 7.71. The number of nitrogens with zero attached hydrogens (tertiary/aromatic N) is 2. The van der Waals surface area contributed by atoms with Crippen molar-refractivity contribution >= 4 is 24.2 Å². The Kier molecular flexibility index (Phi) is 6.85. The lowest BCUT2D eigenvalue weighted by Crippen LogP contribution is -2.60. The van der Waals surface area contributed by atoms with Gasteiger partial charge in [0.2, 0.25) is 5.91 Å². The largest absolute Gasteiger partial charge is 0.417 e. The fraction of sp³-hybridized carbons (Fsp3) is 0.520. The summed E-state index contributed by atoms with van der Waals surface area (Å²) in [6, 6.07) is 7.11. The van der Waals surface area contributed by atoms with Crippen molar-refractivity contribution in [2.45, 2.75) is 44.3 Å². The summed E-state index contributed by atoms with van der Waals surface area (Å²) in [5.41, 5.74) is 5.97. The maximum atomic E-state index is 14.9. The summed E-state index contributed by atoms with van der Waals surface area (Å²) >= 11 is 0. The van der Waals surface area contributed by atoms with Crippen LogP contribution in [0.15, 0.2) is 36.5 Å². The number of rotatable bonds is 4. The zero-order chi connectivity index (χ0) is 25.5. The van der Waals surface area contributed by atoms with Crippen molar-refractivity contribution in [3.05, 3.63) is 53.5 Å². The Hall–Kier alpha value is -2.45. The summed E-state index contributed by atoms with van der Waals surface area (Å²) in [5.74, 6) is 0.136. The summed E-state index contributed by atoms with van der Waals surface area (Å²) in [5, 5.41) is 0.236. The number of aromatic nitrogens is 1. The molecule has 3 unspecified atom stereocenters. The van der Waals surface area contributed by atoms with Crippen LogP contribution in [0, 0.1) is 17.7 Å². The quantitative estimate of drug-likeness (QED) is 0.466. The van der Waals surface area contributed by atoms with E-state index in [1.165, 1.54) is 12.1 Å². The number of fused-ring (bicyclic) bond motifs is 1. The van der Waals surface area contributed by atoms with Gasteiger partial charge in [0.05, 0.1) is 5.56 Å². The van der Waals surface area contributed by atoms with Crippen molar-refractivity contribution in [2.24, 2.45) is 11.8 Å². The van der Waals surface area contributed by atoms with Crippen molar-refractivity contribution in [1.29, 1.82) is 0 Å². The third-order valence-corrected chi connectivity index (χ3v) is 10.9. The molecule has 1 aromatic carbocycles. The molecule has 11 heteroatoms. The van der Waals surface area contributed by atoms with Gasteiger partial charge in [-0.3, -0.25) is 10.2 Å². The lowest BCUT2D eigenvalue weighted by atomic mass is 9.72. The molecule has 2 saturated heterocycles. The molecule has 3 heterocycles. The molecule has 6 nitrogen and oxygen atoms in total. The zero-order valence-electron chi connectivity index (χ0n) is 19.7. The number of hydrogen-bond donors (Lipinski definition) is 2. The minimum Gasteiger partial charge on any atom is -0.356 e. The molecule has 2 N–H and O–H groups in total. The highest BCUT2D eigenvalue weighted by Gasteiger charge is 2.40. The first-order valence-electron chi connectivity index (χ1n) is 12.3. The molecule has 3 atom stereocenters. The molecule has 1 amide bonds. The van der Waals surface area contributed by atoms with Crippen molar-refractivity contribution < 1.29 is 26.9 Å². The summed E-state index contributed by atoms with van der Waals surface area (Å²) in [6.45, 7) is 0.637. The Labute approximate surface area is 207 Å². The zero-order valence-corrected chi connectivity index (χ0v) is 20.6. The van der Waals surface area contributed by atoms with Gasteiger partial charge in [0.25, 0.3) is 0 Å². The normalized spacial score (nSPS) is 26.3. The number of pyridine rings is 1. The van der Waals surface area contributed by atoms with E-state index in [2.05, 4.69) is 15.8 Å². The van der Waals surface area contributed by atoms with Crippen molar-refractivity contribution in [3.63, 3.8) is 0 Å². The van der Waals surface area contributed by atoms with Crippen molar-refractivity contribution in [3.8, 4) is 0 Å². The fourth-order valence-corrected chi connectivity index (χ4v) is 8.48. The number of hydrogen-bond acceptors (Lipinski definition) is 5. The minimum atomic E-state index is -4.46. The monoisotopic (exact) mass is 524 g/mol. The Morgan fingerprint density at radius 2 is 1.83 bits per heavy atom. The van der Waals surface area contributed by atoms with Gasteiger partial charge in [0.15, 0.2) is 0 Å². The smallest absolute Gasteiger partial charge is 0.356 e. The van der Waals surface area contributed by atoms with Crippen LogP contribution in [0.5, 0.6) is 0 Å². The van der Waals surface area contributed by atoms with Crippen LogP contribution >= 0.6 is 7.14 Å². The fourth-order valence-electron chi connectivity index (χ4n) is 5.78. The van der Waals surface area contributed by atoms with Crippen molar-refractivity contribution in [2.75, 3.05) is 30.3 Å². The van der Waals surface area contributed by atoms with E-state index in [4.69, 9.17) is 0 Å². The van der Waals surface area contributed by atoms with Crippen LogP contribution < -0.4 is 21.1 Å². The molecule has 5 rings (SSSR count). The number of benzene rings is 1. The Morgan fingerprint density at radius 1 is 1.08 bits per heavy atom. The molecule has 0 radical (unpaired) electrons. The van der Waals surface area contributed by atoms with E-state index in [0.29, 0.717) is 25.3 Å². The molecular formula is C25H29F4N4O2P. The number of anilines is 1. The average Bonchev–Trinajstić information content (AvgIpc) is 2.87. The summed E-state index contributed by atoms with van der Waals surface area (Å²) in [7, 11) is -3.03. The third-order valence-electron chi connectivity index (χ3n) is 7.82. The van der Waals surface area contributed by atoms with Crippen LogP contribution in [0.2, 0.25) is 0 Å². The summed E-state index contributed by atoms with van der Waals surface area (Å²) in [4.78, 5) is 18.0. The number of amides is 1. The second-order valence-corrected chi connectivity index (χ2v) is 13.2. The molecule has 1 aliphatic carbocycles. The number of halogens is 4. The van der Waals surface area contributed by atoms with Gasteiger partial charge in [0.1, 0.15) is 18.8 Å². The lowest BCUT2D eigenvalue weighted by Gasteiger charge is -2.41. The topological polar surface area (TPSA) is 74.3 Å². The predicted molar refractivity (Wildman–Crippen MR) is 129 cm³/mol. The van der Waals surface area contributed by atoms with E-state index in [0.717, 1.165) is 43.5 Å². The lowest BCUT2D eigenvalue weighted by molar-refractivity contribution is -0.137. The molecule has 0 bridgehead atoms. The first kappa shape index (κ1) is 25.2. The second kappa shape index (κ2) is 9.78. The molecular weight excluding hydrogens is 495 g/mol. The van der Waals surface area contributed by atoms with Gasteiger partial charge in [-0.15, -0.1) is 0 Å². The van der Waals surface area contributed by atoms with Gasteiger partial charge >= 0.3 is 6.18 Å². The van der Waals surface area contributed by atoms with Crippen LogP contribution in [0.4, 0.5) is 23.4 Å². The third kappa shape index (κ3) is 5.02. The van der Waals surface area contributed by atoms with Crippen LogP contribution in [0.3, 0.4) is 0 Å². The molecule has 1 aromatic heterocycles. The van der Waals surface area contributed by atoms with Gasteiger partial charge in [-0.25, -0.2) is 14.8 Å². The van der Waals surface area contributed by atoms with E-state index in [1.807, 2.05) is 0 Å². The molecule has 2 aromatic rings. The maximum absolute atomic E-state index is 14.9. The standard InChI is InChI=1S/C25H29F4N4O2P/c26-20-7-5-16(13-21-18-3-1-2-4-19(18)24(34)32-31-21)14-22(20)36(35)11-9-33(10-12-36)23-8-6-17(15-30-23)25(27,28)29/h5-8,14-15,18-19,21,31H,1-4,9-13H2,(H,32,34). The van der Waals surface area contributed by atoms with E-state index in [9.17, 15) is 26.9 Å². The highest BCUT2D eigenvalue weighted by Crippen LogP contribution is 2.48. The number of carbonyl (C=O) groups is 1. The first-order valence-corrected chi connectivity index (χ1v) is 14.4. The van der Waals surface area contributed by atoms with Crippen LogP contribution in [0.25, 0.3) is 0 Å². The number of carbonyl (C=O) groups excluding carboxylic acids is 1. The van der Waals surface area contributed by atoms with Gasteiger partial charge in [-0.05, 0) is 55.0 Å². The first-order chi connectivity index (χ1) is 17.1. The Morgan fingerprint density at radius 3 is 2.53 bits per heavy atom. The molecule has 0 spiro atoms. The number of nitrogens with one attached hydrogen (secondary N) is 2. The summed E-state index contributed by atoms with van der Waals surface area (Å²) in [6.07, 6.45) is 1.35. The van der Waals surface area contributed by atoms with Gasteiger partial charge in [-0.1, -0.05) is 18.9 Å². The molecule has 3 fully saturated rings. The molecule has 1 saturated carbocycles. The SMILES string of the molecule is O=C1NNC(Cc2ccc(F)c(P3(=O)CCN(c4ccc(C(F)(F)F)cn4)CC3)c2)C2CCCCC12. The molecule has 194 valence electrons. The molecule has 3 aliphatic rings. The van der Waals surface area contributed by atoms with Gasteiger partial charge < -0.3 is 9.46 Å². The van der Waals surface area contributed by atoms with E-state index >= 15 is 0 Å². The molecule has 2 aliphatic heterocycles.